The molecular weight excluding hydrogens is 870 g/mol. The molecule has 396 valence electrons. The molecule has 2 unspecified atom stereocenters. The molecule has 0 rings (SSSR count). The van der Waals surface area contributed by atoms with Gasteiger partial charge in [0.2, 0.25) is 0 Å². The van der Waals surface area contributed by atoms with E-state index in [2.05, 4.69) is 74.6 Å². The highest BCUT2D eigenvalue weighted by molar-refractivity contribution is 7.45. The van der Waals surface area contributed by atoms with Crippen molar-refractivity contribution < 1.29 is 42.1 Å². The zero-order chi connectivity index (χ0) is 49.9. The average Bonchev–Trinajstić information content (AvgIpc) is 3.30. The Kier molecular flexibility index (Phi) is 48.0. The van der Waals surface area contributed by atoms with Crippen molar-refractivity contribution in [2.75, 3.05) is 47.5 Å². The molecule has 0 aromatic carbocycles. The number of carbonyl (C=O) groups is 2. The lowest BCUT2D eigenvalue weighted by Crippen LogP contribution is -2.37. The number of ether oxygens (including phenoxy) is 2. The van der Waals surface area contributed by atoms with Crippen molar-refractivity contribution in [3.63, 3.8) is 0 Å². The monoisotopic (exact) mass is 976 g/mol. The summed E-state index contributed by atoms with van der Waals surface area (Å²) in [5.41, 5.74) is 0. The van der Waals surface area contributed by atoms with E-state index >= 15 is 0 Å². The van der Waals surface area contributed by atoms with Gasteiger partial charge in [-0.25, -0.2) is 0 Å². The molecule has 0 aliphatic rings. The van der Waals surface area contributed by atoms with Gasteiger partial charge in [0.05, 0.1) is 27.7 Å². The van der Waals surface area contributed by atoms with E-state index in [0.29, 0.717) is 17.4 Å². The molecule has 0 fully saturated rings. The van der Waals surface area contributed by atoms with E-state index < -0.39 is 26.5 Å². The fourth-order valence-electron chi connectivity index (χ4n) is 7.63. The van der Waals surface area contributed by atoms with Gasteiger partial charge in [-0.3, -0.25) is 14.2 Å². The summed E-state index contributed by atoms with van der Waals surface area (Å²) < 4.78 is 34.1. The highest BCUT2D eigenvalue weighted by atomic mass is 31.2. The van der Waals surface area contributed by atoms with Crippen LogP contribution in [0.3, 0.4) is 0 Å². The minimum atomic E-state index is -4.64. The van der Waals surface area contributed by atoms with Crippen LogP contribution in [0.1, 0.15) is 245 Å². The molecule has 0 saturated heterocycles. The number of hydrogen-bond donors (Lipinski definition) is 0. The van der Waals surface area contributed by atoms with E-state index in [-0.39, 0.29) is 32.0 Å². The van der Waals surface area contributed by atoms with Crippen LogP contribution in [0.15, 0.2) is 60.8 Å². The van der Waals surface area contributed by atoms with E-state index in [1.165, 1.54) is 135 Å². The Morgan fingerprint density at radius 3 is 1.21 bits per heavy atom. The summed E-state index contributed by atoms with van der Waals surface area (Å²) in [5, 5.41) is 0. The summed E-state index contributed by atoms with van der Waals surface area (Å²) in [7, 11) is 1.16. The summed E-state index contributed by atoms with van der Waals surface area (Å²) in [6.07, 6.45) is 62.5. The molecule has 68 heavy (non-hydrogen) atoms. The number of allylic oxidation sites excluding steroid dienone is 10. The van der Waals surface area contributed by atoms with Gasteiger partial charge < -0.3 is 27.9 Å². The summed E-state index contributed by atoms with van der Waals surface area (Å²) in [6, 6.07) is 0. The molecule has 0 radical (unpaired) electrons. The Bertz CT molecular complexity index is 1340. The van der Waals surface area contributed by atoms with Gasteiger partial charge in [0.1, 0.15) is 19.8 Å². The quantitative estimate of drug-likeness (QED) is 0.0195. The average molecular weight is 976 g/mol. The second kappa shape index (κ2) is 49.7. The third-order valence-corrected chi connectivity index (χ3v) is 13.0. The summed E-state index contributed by atoms with van der Waals surface area (Å²) in [6.45, 7) is 4.21. The summed E-state index contributed by atoms with van der Waals surface area (Å²) in [5.74, 6) is -0.839. The minimum Gasteiger partial charge on any atom is -0.756 e. The van der Waals surface area contributed by atoms with E-state index in [4.69, 9.17) is 18.5 Å². The van der Waals surface area contributed by atoms with Crippen LogP contribution in [0.2, 0.25) is 0 Å². The number of phosphoric acid groups is 1. The fourth-order valence-corrected chi connectivity index (χ4v) is 8.36. The van der Waals surface area contributed by atoms with Gasteiger partial charge in [0, 0.05) is 12.8 Å². The minimum absolute atomic E-state index is 0.0340. The largest absolute Gasteiger partial charge is 0.756 e. The molecule has 0 aliphatic carbocycles. The first-order chi connectivity index (χ1) is 33.0. The Morgan fingerprint density at radius 2 is 0.794 bits per heavy atom. The third-order valence-electron chi connectivity index (χ3n) is 12.0. The summed E-state index contributed by atoms with van der Waals surface area (Å²) in [4.78, 5) is 37.8. The normalized spacial score (nSPS) is 13.8. The third kappa shape index (κ3) is 53.1. The van der Waals surface area contributed by atoms with Crippen LogP contribution in [-0.2, 0) is 32.7 Å². The van der Waals surface area contributed by atoms with Gasteiger partial charge in [-0.05, 0) is 83.5 Å². The number of esters is 2. The number of rotatable bonds is 51. The second-order valence-corrected chi connectivity index (χ2v) is 21.4. The molecule has 0 spiro atoms. The first-order valence-corrected chi connectivity index (χ1v) is 29.5. The van der Waals surface area contributed by atoms with Gasteiger partial charge in [0.15, 0.2) is 6.10 Å². The number of nitrogens with zero attached hydrogens (tertiary/aromatic N) is 1. The molecule has 0 heterocycles. The fraction of sp³-hybridized carbons (Fsp3) is 0.793. The van der Waals surface area contributed by atoms with Gasteiger partial charge in [-0.15, -0.1) is 0 Å². The van der Waals surface area contributed by atoms with Gasteiger partial charge in [-0.2, -0.15) is 0 Å². The number of unbranched alkanes of at least 4 members (excludes halogenated alkanes) is 27. The van der Waals surface area contributed by atoms with E-state index in [9.17, 15) is 19.0 Å². The van der Waals surface area contributed by atoms with Gasteiger partial charge in [-0.1, -0.05) is 209 Å². The van der Waals surface area contributed by atoms with Gasteiger partial charge >= 0.3 is 11.9 Å². The van der Waals surface area contributed by atoms with Crippen molar-refractivity contribution in [1.82, 2.24) is 0 Å². The predicted octanol–water partition coefficient (Wildman–Crippen LogP) is 16.5. The molecule has 0 bridgehead atoms. The van der Waals surface area contributed by atoms with Crippen molar-refractivity contribution in [3.05, 3.63) is 60.8 Å². The van der Waals surface area contributed by atoms with Crippen LogP contribution in [0.25, 0.3) is 0 Å². The Labute approximate surface area is 419 Å². The van der Waals surface area contributed by atoms with Crippen molar-refractivity contribution >= 4 is 19.8 Å². The first-order valence-electron chi connectivity index (χ1n) is 28.0. The van der Waals surface area contributed by atoms with Crippen molar-refractivity contribution in [2.24, 2.45) is 0 Å². The van der Waals surface area contributed by atoms with Crippen molar-refractivity contribution in [1.29, 1.82) is 0 Å². The molecule has 0 N–H and O–H groups in total. The van der Waals surface area contributed by atoms with Crippen LogP contribution in [0, 0.1) is 0 Å². The van der Waals surface area contributed by atoms with E-state index in [0.717, 1.165) is 77.0 Å². The number of hydrogen-bond acceptors (Lipinski definition) is 8. The maximum Gasteiger partial charge on any atom is 0.306 e. The Hall–Kier alpha value is -2.29. The van der Waals surface area contributed by atoms with E-state index in [1.807, 2.05) is 21.1 Å². The van der Waals surface area contributed by atoms with Crippen LogP contribution in [-0.4, -0.2) is 70.0 Å². The van der Waals surface area contributed by atoms with Gasteiger partial charge in [0.25, 0.3) is 7.82 Å². The smallest absolute Gasteiger partial charge is 0.306 e. The standard InChI is InChI=1S/C58H106NO8P/c1-6-8-10-12-14-16-18-20-22-24-26-27-28-29-30-31-33-35-37-39-41-43-45-47-49-51-58(61)67-56(55-66-68(62,63)65-53-52-59(3,4)5)54-64-57(60)50-48-46-44-42-40-38-36-34-32-25-23-21-19-17-15-13-11-9-7-2/h15,17-18,20-21,23-24,26,28-29,56H,6-14,16,19,22,25,27,30-55H2,1-5H3/b17-15-,20-18-,23-21-,26-24-,29-28-. The van der Waals surface area contributed by atoms with E-state index in [1.54, 1.807) is 0 Å². The number of quaternary nitrogens is 1. The molecular formula is C58H106NO8P. The second-order valence-electron chi connectivity index (χ2n) is 19.9. The molecule has 10 heteroatoms. The van der Waals surface area contributed by atoms with Crippen LogP contribution >= 0.6 is 7.82 Å². The highest BCUT2D eigenvalue weighted by Gasteiger charge is 2.21. The topological polar surface area (TPSA) is 111 Å². The maximum atomic E-state index is 12.8. The summed E-state index contributed by atoms with van der Waals surface area (Å²) >= 11 is 0. The number of phosphoric ester groups is 1. The zero-order valence-electron chi connectivity index (χ0n) is 44.8. The zero-order valence-corrected chi connectivity index (χ0v) is 45.7. The number of likely N-dealkylation sites (N-methyl/N-ethyl adjacent to an activating group) is 1. The molecule has 0 amide bonds. The Morgan fingerprint density at radius 1 is 0.456 bits per heavy atom. The SMILES string of the molecule is CCCCC/C=C\C/C=C\CCCCCCCCCCCC(=O)OCC(COP(=O)([O-])OCC[N+](C)(C)C)OC(=O)CCCCCCCCCCCC/C=C\C/C=C\C/C=C\CCCCCCC. The lowest BCUT2D eigenvalue weighted by molar-refractivity contribution is -0.870. The molecule has 0 aromatic heterocycles. The molecule has 0 aromatic rings. The maximum absolute atomic E-state index is 12.8. The lowest BCUT2D eigenvalue weighted by atomic mass is 10.0. The first kappa shape index (κ1) is 65.7. The lowest BCUT2D eigenvalue weighted by Gasteiger charge is -2.28. The van der Waals surface area contributed by atoms with Crippen LogP contribution in [0.4, 0.5) is 0 Å². The number of carbonyl (C=O) groups excluding carboxylic acids is 2. The molecule has 0 saturated carbocycles. The Balaban J connectivity index is 4.21. The molecule has 9 nitrogen and oxygen atoms in total. The van der Waals surface area contributed by atoms with Crippen molar-refractivity contribution in [3.8, 4) is 0 Å². The van der Waals surface area contributed by atoms with Crippen LogP contribution < -0.4 is 4.89 Å². The predicted molar refractivity (Wildman–Crippen MR) is 287 cm³/mol. The highest BCUT2D eigenvalue weighted by Crippen LogP contribution is 2.38. The van der Waals surface area contributed by atoms with Crippen molar-refractivity contribution in [2.45, 2.75) is 251 Å². The molecule has 2 atom stereocenters. The molecule has 0 aliphatic heterocycles. The van der Waals surface area contributed by atoms with Crippen LogP contribution in [0.5, 0.6) is 0 Å².